The van der Waals surface area contributed by atoms with Gasteiger partial charge < -0.3 is 19.7 Å². The minimum absolute atomic E-state index is 0.134. The number of halogens is 1. The number of carbonyl (C=O) groups is 2. The van der Waals surface area contributed by atoms with Crippen LogP contribution in [-0.4, -0.2) is 39.1 Å². The van der Waals surface area contributed by atoms with Crippen molar-refractivity contribution < 1.29 is 23.5 Å². The summed E-state index contributed by atoms with van der Waals surface area (Å²) >= 11 is 0. The van der Waals surface area contributed by atoms with E-state index >= 15 is 0 Å². The number of carbonyl (C=O) groups excluding carboxylic acids is 2. The van der Waals surface area contributed by atoms with Gasteiger partial charge in [-0.2, -0.15) is 0 Å². The van der Waals surface area contributed by atoms with Crippen LogP contribution in [0, 0.1) is 11.7 Å². The molecule has 0 radical (unpaired) electrons. The molecule has 2 aromatic rings. The molecule has 0 bridgehead atoms. The zero-order valence-electron chi connectivity index (χ0n) is 15.9. The predicted octanol–water partition coefficient (Wildman–Crippen LogP) is 2.55. The van der Waals surface area contributed by atoms with Gasteiger partial charge in [-0.05, 0) is 36.2 Å². The third-order valence-corrected chi connectivity index (χ3v) is 4.80. The lowest BCUT2D eigenvalue weighted by Crippen LogP contribution is -2.34. The van der Waals surface area contributed by atoms with Crippen LogP contribution >= 0.6 is 0 Å². The molecule has 3 rings (SSSR count). The van der Waals surface area contributed by atoms with Gasteiger partial charge in [0.05, 0.1) is 25.8 Å². The highest BCUT2D eigenvalue weighted by molar-refractivity contribution is 6.01. The highest BCUT2D eigenvalue weighted by atomic mass is 19.1. The van der Waals surface area contributed by atoms with Gasteiger partial charge in [-0.1, -0.05) is 12.1 Å². The number of hydrogen-bond acceptors (Lipinski definition) is 4. The quantitative estimate of drug-likeness (QED) is 0.794. The monoisotopic (exact) mass is 386 g/mol. The Morgan fingerprint density at radius 2 is 1.93 bits per heavy atom. The molecule has 0 spiro atoms. The van der Waals surface area contributed by atoms with Crippen molar-refractivity contribution in [3.8, 4) is 11.5 Å². The molecule has 1 aliphatic rings. The van der Waals surface area contributed by atoms with Crippen LogP contribution in [0.15, 0.2) is 42.5 Å². The van der Waals surface area contributed by atoms with Gasteiger partial charge in [-0.3, -0.25) is 9.59 Å². The number of nitrogens with one attached hydrogen (secondary N) is 1. The van der Waals surface area contributed by atoms with Crippen molar-refractivity contribution >= 4 is 17.5 Å². The Balaban J connectivity index is 1.60. The maximum Gasteiger partial charge on any atom is 0.227 e. The second-order valence-corrected chi connectivity index (χ2v) is 6.61. The molecular weight excluding hydrogens is 363 g/mol. The van der Waals surface area contributed by atoms with Gasteiger partial charge >= 0.3 is 0 Å². The summed E-state index contributed by atoms with van der Waals surface area (Å²) in [5, 5.41) is 2.86. The van der Waals surface area contributed by atoms with Crippen molar-refractivity contribution in [3.63, 3.8) is 0 Å². The lowest BCUT2D eigenvalue weighted by atomic mass is 10.1. The summed E-state index contributed by atoms with van der Waals surface area (Å²) in [6.07, 6.45) is 0.739. The number of methoxy groups -OCH3 is 2. The molecule has 1 aliphatic heterocycles. The van der Waals surface area contributed by atoms with Crippen LogP contribution in [-0.2, 0) is 16.0 Å². The summed E-state index contributed by atoms with van der Waals surface area (Å²) in [6.45, 7) is 0.711. The summed E-state index contributed by atoms with van der Waals surface area (Å²) in [4.78, 5) is 26.5. The maximum atomic E-state index is 12.9. The van der Waals surface area contributed by atoms with E-state index in [4.69, 9.17) is 9.47 Å². The average Bonchev–Trinajstić information content (AvgIpc) is 3.10. The SMILES string of the molecule is COc1ccc(OC)c(N2C[C@H](C(=O)NCCc3ccc(F)cc3)CC2=O)c1. The molecule has 0 unspecified atom stereocenters. The van der Waals surface area contributed by atoms with Crippen molar-refractivity contribution in [2.45, 2.75) is 12.8 Å². The van der Waals surface area contributed by atoms with Gasteiger partial charge in [0.1, 0.15) is 17.3 Å². The zero-order chi connectivity index (χ0) is 20.1. The summed E-state index contributed by atoms with van der Waals surface area (Å²) < 4.78 is 23.5. The molecule has 1 heterocycles. The summed E-state index contributed by atoms with van der Waals surface area (Å²) in [5.41, 5.74) is 1.53. The molecule has 1 atom stereocenters. The van der Waals surface area contributed by atoms with E-state index in [9.17, 15) is 14.0 Å². The average molecular weight is 386 g/mol. The normalized spacial score (nSPS) is 16.2. The molecule has 0 aliphatic carbocycles. The Hall–Kier alpha value is -3.09. The van der Waals surface area contributed by atoms with E-state index in [0.29, 0.717) is 30.2 Å². The van der Waals surface area contributed by atoms with Gasteiger partial charge in [0.2, 0.25) is 11.8 Å². The highest BCUT2D eigenvalue weighted by Crippen LogP contribution is 2.36. The molecule has 1 N–H and O–H groups in total. The first-order valence-corrected chi connectivity index (χ1v) is 9.06. The largest absolute Gasteiger partial charge is 0.497 e. The lowest BCUT2D eigenvalue weighted by molar-refractivity contribution is -0.126. The van der Waals surface area contributed by atoms with Gasteiger partial charge in [0.25, 0.3) is 0 Å². The fraction of sp³-hybridized carbons (Fsp3) is 0.333. The fourth-order valence-electron chi connectivity index (χ4n) is 3.25. The van der Waals surface area contributed by atoms with Crippen LogP contribution in [0.3, 0.4) is 0 Å². The van der Waals surface area contributed by atoms with Crippen LogP contribution in [0.25, 0.3) is 0 Å². The van der Waals surface area contributed by atoms with Gasteiger partial charge in [-0.15, -0.1) is 0 Å². The second kappa shape index (κ2) is 8.73. The summed E-state index contributed by atoms with van der Waals surface area (Å²) in [6, 6.07) is 11.4. The number of hydrogen-bond donors (Lipinski definition) is 1. The Morgan fingerprint density at radius 3 is 2.61 bits per heavy atom. The van der Waals surface area contributed by atoms with Crippen LogP contribution in [0.2, 0.25) is 0 Å². The van der Waals surface area contributed by atoms with E-state index in [-0.39, 0.29) is 30.6 Å². The minimum Gasteiger partial charge on any atom is -0.497 e. The van der Waals surface area contributed by atoms with Crippen LogP contribution < -0.4 is 19.7 Å². The predicted molar refractivity (Wildman–Crippen MR) is 103 cm³/mol. The van der Waals surface area contributed by atoms with Gasteiger partial charge in [0, 0.05) is 25.6 Å². The molecule has 1 saturated heterocycles. The van der Waals surface area contributed by atoms with Crippen molar-refractivity contribution in [2.75, 3.05) is 32.2 Å². The second-order valence-electron chi connectivity index (χ2n) is 6.61. The Bertz CT molecular complexity index is 854. The van der Waals surface area contributed by atoms with Crippen LogP contribution in [0.4, 0.5) is 10.1 Å². The van der Waals surface area contributed by atoms with Crippen molar-refractivity contribution in [1.82, 2.24) is 5.32 Å². The smallest absolute Gasteiger partial charge is 0.227 e. The zero-order valence-corrected chi connectivity index (χ0v) is 15.9. The van der Waals surface area contributed by atoms with E-state index in [0.717, 1.165) is 5.56 Å². The van der Waals surface area contributed by atoms with Crippen molar-refractivity contribution in [3.05, 3.63) is 53.8 Å². The lowest BCUT2D eigenvalue weighted by Gasteiger charge is -2.20. The molecule has 7 heteroatoms. The number of nitrogens with zero attached hydrogens (tertiary/aromatic N) is 1. The fourth-order valence-corrected chi connectivity index (χ4v) is 3.25. The molecule has 148 valence electrons. The van der Waals surface area contributed by atoms with Crippen molar-refractivity contribution in [1.29, 1.82) is 0 Å². The van der Waals surface area contributed by atoms with Crippen molar-refractivity contribution in [2.24, 2.45) is 5.92 Å². The molecule has 6 nitrogen and oxygen atoms in total. The molecule has 2 amide bonds. The molecular formula is C21H23FN2O4. The Morgan fingerprint density at radius 1 is 1.18 bits per heavy atom. The Labute approximate surface area is 163 Å². The maximum absolute atomic E-state index is 12.9. The highest BCUT2D eigenvalue weighted by Gasteiger charge is 2.36. The Kier molecular flexibility index (Phi) is 6.13. The first-order valence-electron chi connectivity index (χ1n) is 9.06. The molecule has 28 heavy (non-hydrogen) atoms. The van der Waals surface area contributed by atoms with Gasteiger partial charge in [-0.25, -0.2) is 4.39 Å². The van der Waals surface area contributed by atoms with Crippen LogP contribution in [0.5, 0.6) is 11.5 Å². The molecule has 1 fully saturated rings. The van der Waals surface area contributed by atoms with E-state index in [1.807, 2.05) is 0 Å². The number of amides is 2. The summed E-state index contributed by atoms with van der Waals surface area (Å²) in [5.74, 6) is 0.134. The number of ether oxygens (including phenoxy) is 2. The molecule has 0 aromatic heterocycles. The molecule has 0 saturated carbocycles. The topological polar surface area (TPSA) is 67.9 Å². The molecule has 2 aromatic carbocycles. The first-order chi connectivity index (χ1) is 13.5. The van der Waals surface area contributed by atoms with E-state index in [2.05, 4.69) is 5.32 Å². The standard InChI is InChI=1S/C21H23FN2O4/c1-27-17-7-8-19(28-2)18(12-17)24-13-15(11-20(24)25)21(26)23-10-9-14-3-5-16(22)6-4-14/h3-8,12,15H,9-11,13H2,1-2H3,(H,23,26)/t15-/m1/s1. The first kappa shape index (κ1) is 19.7. The number of rotatable bonds is 7. The van der Waals surface area contributed by atoms with Gasteiger partial charge in [0.15, 0.2) is 0 Å². The number of anilines is 1. The third kappa shape index (κ3) is 4.42. The van der Waals surface area contributed by atoms with E-state index in [1.165, 1.54) is 19.2 Å². The van der Waals surface area contributed by atoms with E-state index in [1.54, 1.807) is 42.3 Å². The van der Waals surface area contributed by atoms with E-state index < -0.39 is 5.92 Å². The third-order valence-electron chi connectivity index (χ3n) is 4.80. The minimum atomic E-state index is -0.434. The number of benzene rings is 2. The summed E-state index contributed by atoms with van der Waals surface area (Å²) in [7, 11) is 3.08. The van der Waals surface area contributed by atoms with Crippen LogP contribution in [0.1, 0.15) is 12.0 Å².